The number of nitrogens with one attached hydrogen (secondary N) is 1. The van der Waals surface area contributed by atoms with Crippen LogP contribution in [0.3, 0.4) is 0 Å². The van der Waals surface area contributed by atoms with Crippen molar-refractivity contribution in [2.75, 3.05) is 11.9 Å². The topological polar surface area (TPSA) is 66.5 Å². The maximum absolute atomic E-state index is 12.9. The summed E-state index contributed by atoms with van der Waals surface area (Å²) in [5.74, 6) is -1.28. The van der Waals surface area contributed by atoms with E-state index in [1.54, 1.807) is 12.1 Å². The van der Waals surface area contributed by atoms with Gasteiger partial charge in [0.05, 0.1) is 10.5 Å². The van der Waals surface area contributed by atoms with Gasteiger partial charge in [-0.3, -0.25) is 19.3 Å². The van der Waals surface area contributed by atoms with E-state index in [4.69, 9.17) is 0 Å². The molecule has 0 aromatic heterocycles. The van der Waals surface area contributed by atoms with Crippen molar-refractivity contribution in [3.05, 3.63) is 69.6 Å². The summed E-state index contributed by atoms with van der Waals surface area (Å²) in [6.07, 6.45) is -3.31. The normalized spacial score (nSPS) is 15.8. The SMILES string of the molecule is Cc1ccc(NC(=O)CN2C(=O)SC(=Cc3cccc(C(F)(F)F)c3)C2=O)cc1C. The second-order valence-corrected chi connectivity index (χ2v) is 7.73. The third kappa shape index (κ3) is 4.91. The fourth-order valence-corrected chi connectivity index (χ4v) is 3.59. The molecule has 1 fully saturated rings. The van der Waals surface area contributed by atoms with E-state index in [2.05, 4.69) is 5.32 Å². The van der Waals surface area contributed by atoms with Gasteiger partial charge in [-0.2, -0.15) is 13.2 Å². The Morgan fingerprint density at radius 3 is 2.50 bits per heavy atom. The van der Waals surface area contributed by atoms with Gasteiger partial charge in [-0.05, 0) is 72.6 Å². The van der Waals surface area contributed by atoms with Crippen LogP contribution < -0.4 is 5.32 Å². The Kier molecular flexibility index (Phi) is 6.02. The molecule has 0 spiro atoms. The lowest BCUT2D eigenvalue weighted by molar-refractivity contribution is -0.137. The Bertz CT molecular complexity index is 1060. The van der Waals surface area contributed by atoms with E-state index in [1.165, 1.54) is 18.2 Å². The lowest BCUT2D eigenvalue weighted by Crippen LogP contribution is -2.36. The van der Waals surface area contributed by atoms with Crippen LogP contribution in [0.15, 0.2) is 47.4 Å². The summed E-state index contributed by atoms with van der Waals surface area (Å²) in [6.45, 7) is 3.33. The molecular formula is C21H17F3N2O3S. The van der Waals surface area contributed by atoms with E-state index < -0.39 is 35.3 Å². The summed E-state index contributed by atoms with van der Waals surface area (Å²) < 4.78 is 38.6. The van der Waals surface area contributed by atoms with Crippen LogP contribution in [0.1, 0.15) is 22.3 Å². The van der Waals surface area contributed by atoms with E-state index in [0.29, 0.717) is 17.4 Å². The third-order valence-electron chi connectivity index (χ3n) is 4.48. The number of aryl methyl sites for hydroxylation is 2. The molecule has 0 unspecified atom stereocenters. The molecule has 9 heteroatoms. The molecule has 1 aliphatic heterocycles. The number of rotatable bonds is 4. The van der Waals surface area contributed by atoms with Gasteiger partial charge in [-0.25, -0.2) is 0 Å². The van der Waals surface area contributed by atoms with Crippen molar-refractivity contribution in [2.45, 2.75) is 20.0 Å². The van der Waals surface area contributed by atoms with Gasteiger partial charge < -0.3 is 5.32 Å². The van der Waals surface area contributed by atoms with Crippen LogP contribution in [0, 0.1) is 13.8 Å². The summed E-state index contributed by atoms with van der Waals surface area (Å²) in [5.41, 5.74) is 1.84. The monoisotopic (exact) mass is 434 g/mol. The number of benzene rings is 2. The number of halogens is 3. The van der Waals surface area contributed by atoms with Crippen LogP contribution in [0.5, 0.6) is 0 Å². The highest BCUT2D eigenvalue weighted by Gasteiger charge is 2.36. The molecule has 0 atom stereocenters. The van der Waals surface area contributed by atoms with Crippen molar-refractivity contribution in [3.63, 3.8) is 0 Å². The van der Waals surface area contributed by atoms with E-state index >= 15 is 0 Å². The average molecular weight is 434 g/mol. The summed E-state index contributed by atoms with van der Waals surface area (Å²) in [5, 5.41) is 1.97. The zero-order chi connectivity index (χ0) is 22.1. The van der Waals surface area contributed by atoms with Crippen LogP contribution in [-0.2, 0) is 15.8 Å². The number of carbonyl (C=O) groups is 3. The highest BCUT2D eigenvalue weighted by Crippen LogP contribution is 2.34. The van der Waals surface area contributed by atoms with Crippen molar-refractivity contribution in [2.24, 2.45) is 0 Å². The Labute approximate surface area is 174 Å². The number of imide groups is 1. The zero-order valence-corrected chi connectivity index (χ0v) is 16.9. The molecule has 3 rings (SSSR count). The number of hydrogen-bond acceptors (Lipinski definition) is 4. The van der Waals surface area contributed by atoms with Gasteiger partial charge in [0.25, 0.3) is 11.1 Å². The first kappa shape index (κ1) is 21.6. The fraction of sp³-hybridized carbons (Fsp3) is 0.190. The first-order valence-electron chi connectivity index (χ1n) is 8.84. The molecule has 1 saturated heterocycles. The van der Waals surface area contributed by atoms with Crippen LogP contribution >= 0.6 is 11.8 Å². The Morgan fingerprint density at radius 1 is 1.10 bits per heavy atom. The molecule has 3 amide bonds. The zero-order valence-electron chi connectivity index (χ0n) is 16.0. The first-order valence-corrected chi connectivity index (χ1v) is 9.66. The number of hydrogen-bond donors (Lipinski definition) is 1. The fourth-order valence-electron chi connectivity index (χ4n) is 2.76. The van der Waals surface area contributed by atoms with Crippen molar-refractivity contribution >= 4 is 40.6 Å². The molecule has 1 heterocycles. The molecule has 30 heavy (non-hydrogen) atoms. The highest BCUT2D eigenvalue weighted by molar-refractivity contribution is 8.18. The second kappa shape index (κ2) is 8.35. The predicted molar refractivity (Wildman–Crippen MR) is 109 cm³/mol. The molecule has 2 aromatic rings. The minimum absolute atomic E-state index is 0.0432. The Morgan fingerprint density at radius 2 is 1.83 bits per heavy atom. The number of thioether (sulfide) groups is 1. The van der Waals surface area contributed by atoms with Gasteiger partial charge in [0.15, 0.2) is 0 Å². The first-order chi connectivity index (χ1) is 14.0. The van der Waals surface area contributed by atoms with Crippen molar-refractivity contribution in [3.8, 4) is 0 Å². The van der Waals surface area contributed by atoms with Crippen LogP contribution in [0.25, 0.3) is 6.08 Å². The molecule has 2 aromatic carbocycles. The van der Waals surface area contributed by atoms with E-state index in [-0.39, 0.29) is 10.5 Å². The van der Waals surface area contributed by atoms with E-state index in [9.17, 15) is 27.6 Å². The van der Waals surface area contributed by atoms with Crippen molar-refractivity contribution < 1.29 is 27.6 Å². The van der Waals surface area contributed by atoms with Gasteiger partial charge >= 0.3 is 6.18 Å². The molecule has 0 bridgehead atoms. The maximum atomic E-state index is 12.9. The lowest BCUT2D eigenvalue weighted by atomic mass is 10.1. The van der Waals surface area contributed by atoms with Gasteiger partial charge in [-0.1, -0.05) is 18.2 Å². The summed E-state index contributed by atoms with van der Waals surface area (Å²) >= 11 is 0.580. The molecule has 0 radical (unpaired) electrons. The molecular weight excluding hydrogens is 417 g/mol. The molecule has 5 nitrogen and oxygen atoms in total. The number of nitrogens with zero attached hydrogens (tertiary/aromatic N) is 1. The minimum Gasteiger partial charge on any atom is -0.325 e. The smallest absolute Gasteiger partial charge is 0.325 e. The van der Waals surface area contributed by atoms with Crippen molar-refractivity contribution in [1.29, 1.82) is 0 Å². The van der Waals surface area contributed by atoms with Crippen LogP contribution in [0.4, 0.5) is 23.7 Å². The number of carbonyl (C=O) groups excluding carboxylic acids is 3. The Balaban J connectivity index is 1.72. The number of alkyl halides is 3. The molecule has 0 aliphatic carbocycles. The van der Waals surface area contributed by atoms with Gasteiger partial charge in [0, 0.05) is 5.69 Å². The Hall–Kier alpha value is -3.07. The quantitative estimate of drug-likeness (QED) is 0.688. The molecule has 1 aliphatic rings. The van der Waals surface area contributed by atoms with Gasteiger partial charge in [-0.15, -0.1) is 0 Å². The standard InChI is InChI=1S/C21H17F3N2O3S/c1-12-6-7-16(8-13(12)2)25-18(27)11-26-19(28)17(30-20(26)29)10-14-4-3-5-15(9-14)21(22,23)24/h3-10H,11H2,1-2H3,(H,25,27). The van der Waals surface area contributed by atoms with Crippen LogP contribution in [0.2, 0.25) is 0 Å². The summed E-state index contributed by atoms with van der Waals surface area (Å²) in [4.78, 5) is 37.7. The van der Waals surface area contributed by atoms with E-state index in [1.807, 2.05) is 19.9 Å². The lowest BCUT2D eigenvalue weighted by Gasteiger charge is -2.13. The van der Waals surface area contributed by atoms with Crippen LogP contribution in [-0.4, -0.2) is 28.5 Å². The minimum atomic E-state index is -4.52. The largest absolute Gasteiger partial charge is 0.416 e. The second-order valence-electron chi connectivity index (χ2n) is 6.74. The molecule has 0 saturated carbocycles. The van der Waals surface area contributed by atoms with E-state index in [0.717, 1.165) is 28.2 Å². The van der Waals surface area contributed by atoms with Gasteiger partial charge in [0.2, 0.25) is 5.91 Å². The molecule has 156 valence electrons. The summed E-state index contributed by atoms with van der Waals surface area (Å²) in [6, 6.07) is 9.74. The number of amides is 3. The molecule has 1 N–H and O–H groups in total. The maximum Gasteiger partial charge on any atom is 0.416 e. The number of anilines is 1. The highest BCUT2D eigenvalue weighted by atomic mass is 32.2. The average Bonchev–Trinajstić information content (AvgIpc) is 2.92. The summed E-state index contributed by atoms with van der Waals surface area (Å²) in [7, 11) is 0. The van der Waals surface area contributed by atoms with Crippen molar-refractivity contribution in [1.82, 2.24) is 4.90 Å². The van der Waals surface area contributed by atoms with Gasteiger partial charge in [0.1, 0.15) is 6.54 Å². The third-order valence-corrected chi connectivity index (χ3v) is 5.39. The predicted octanol–water partition coefficient (Wildman–Crippen LogP) is 5.00.